The zero-order chi connectivity index (χ0) is 58.1. The number of aromatic nitrogens is 3. The molecule has 0 aliphatic rings. The molecule has 3 aromatic heterocycles. The number of halogens is 1. The molecule has 35 heteroatoms. The number of thiazole rings is 1. The van der Waals surface area contributed by atoms with E-state index < -0.39 is 63.1 Å². The van der Waals surface area contributed by atoms with Crippen LogP contribution < -0.4 is 4.74 Å². The quantitative estimate of drug-likeness (QED) is 0.0285. The van der Waals surface area contributed by atoms with E-state index in [4.69, 9.17) is 41.6 Å². The van der Waals surface area contributed by atoms with Crippen LogP contribution >= 0.6 is 34.7 Å². The van der Waals surface area contributed by atoms with Gasteiger partial charge in [-0.3, -0.25) is 18.1 Å². The highest BCUT2D eigenvalue weighted by atomic mass is 35.5. The van der Waals surface area contributed by atoms with E-state index >= 15 is 0 Å². The van der Waals surface area contributed by atoms with Crippen molar-refractivity contribution in [2.75, 3.05) is 23.9 Å². The van der Waals surface area contributed by atoms with Crippen molar-refractivity contribution in [3.8, 4) is 17.7 Å². The van der Waals surface area contributed by atoms with Crippen molar-refractivity contribution in [1.29, 1.82) is 5.26 Å². The molecule has 0 radical (unpaired) electrons. The molecule has 79 heavy (non-hydrogen) atoms. The van der Waals surface area contributed by atoms with E-state index in [1.807, 2.05) is 0 Å². The summed E-state index contributed by atoms with van der Waals surface area (Å²) in [5.74, 6) is -1.20. The molecule has 0 saturated heterocycles. The third-order valence-corrected chi connectivity index (χ3v) is 15.5. The standard InChI is InChI=1S/C44H37ClN10O11S5.2O3S/c1-23-16-33(51-53-39-25(3)29(22-46)42-47-30-11-10-27(45)19-35(30)55(42)43(39)56)36(66-12-6-14-69(57,58)59)20-31(23)49-52-34-17-24(2)32(21-37(34)67-13-7-15-70(60,61)62)50-54-44-48-40-38(71(63,64)65)18-26-8-4-5-9-28(26)41(40)68-44;2*1-4(2)3/h4-5,8-11,16-21,56H,6-7,12-15H2,1-3H3,(H,57,58,59)(H,60,61,62)(H,63,64,65);;. The van der Waals surface area contributed by atoms with Gasteiger partial charge in [-0.05, 0) is 98.3 Å². The zero-order valence-corrected chi connectivity index (χ0v) is 46.9. The Kier molecular flexibility index (Phi) is 19.8. The number of rotatable bonds is 17. The molecule has 0 saturated carbocycles. The molecule has 0 amide bonds. The SMILES string of the molecule is Cc1cc(N=Nc2cc(OCCCS(=O)(=O)O)c(N=Nc3c(C)c(C#N)c4nc5ccc(Cl)cc5n4c3O)cc2C)c(SCCCS(=O)(=O)O)cc1N=Nc1nc2c(S(=O)(=O)O)cc3ccccc3c2s1.O=S(=O)=O.O=S(=O)=O. The molecule has 0 aliphatic heterocycles. The normalized spacial score (nSPS) is 12.1. The molecule has 27 nitrogen and oxygen atoms in total. The lowest BCUT2D eigenvalue weighted by atomic mass is 10.1. The van der Waals surface area contributed by atoms with E-state index in [-0.39, 0.29) is 86.2 Å². The van der Waals surface area contributed by atoms with Crippen molar-refractivity contribution < 1.29 is 74.0 Å². The molecular weight excluding hydrogens is 1200 g/mol. The van der Waals surface area contributed by atoms with Crippen LogP contribution in [0.4, 0.5) is 33.6 Å². The number of fused-ring (bicyclic) bond motifs is 6. The van der Waals surface area contributed by atoms with Gasteiger partial charge < -0.3 is 9.84 Å². The largest absolute Gasteiger partial charge is 0.493 e. The van der Waals surface area contributed by atoms with Gasteiger partial charge in [-0.15, -0.1) is 62.6 Å². The van der Waals surface area contributed by atoms with Gasteiger partial charge in [0.05, 0.1) is 50.9 Å². The van der Waals surface area contributed by atoms with Gasteiger partial charge >= 0.3 is 21.2 Å². The summed E-state index contributed by atoms with van der Waals surface area (Å²) in [6.07, 6.45) is -0.0364. The number of imidazole rings is 1. The van der Waals surface area contributed by atoms with Crippen molar-refractivity contribution in [2.24, 2.45) is 30.7 Å². The molecule has 0 unspecified atom stereocenters. The number of nitriles is 1. The molecule has 414 valence electrons. The Labute approximate surface area is 463 Å². The van der Waals surface area contributed by atoms with Crippen LogP contribution in [-0.2, 0) is 51.6 Å². The average Bonchev–Trinajstić information content (AvgIpc) is 4.22. The van der Waals surface area contributed by atoms with E-state index in [9.17, 15) is 49.3 Å². The molecule has 0 atom stereocenters. The number of hydrogen-bond donors (Lipinski definition) is 4. The maximum Gasteiger partial charge on any atom is 0.425 e. The lowest BCUT2D eigenvalue weighted by molar-refractivity contribution is 0.317. The van der Waals surface area contributed by atoms with Gasteiger partial charge in [0.15, 0.2) is 11.3 Å². The first kappa shape index (κ1) is 60.9. The van der Waals surface area contributed by atoms with Gasteiger partial charge in [0.25, 0.3) is 30.4 Å². The third-order valence-electron chi connectivity index (χ3n) is 10.7. The minimum atomic E-state index is -4.66. The number of thioether (sulfide) groups is 1. The molecule has 0 aliphatic carbocycles. The smallest absolute Gasteiger partial charge is 0.425 e. The van der Waals surface area contributed by atoms with Crippen molar-refractivity contribution in [2.45, 2.75) is 43.4 Å². The summed E-state index contributed by atoms with van der Waals surface area (Å²) in [4.78, 5) is 9.00. The Hall–Kier alpha value is -7.30. The van der Waals surface area contributed by atoms with Crippen LogP contribution in [0.1, 0.15) is 35.1 Å². The van der Waals surface area contributed by atoms with E-state index in [1.54, 1.807) is 81.4 Å². The van der Waals surface area contributed by atoms with Crippen LogP contribution in [0.15, 0.2) is 113 Å². The Morgan fingerprint density at radius 2 is 1.34 bits per heavy atom. The number of aryl methyl sites for hydroxylation is 2. The van der Waals surface area contributed by atoms with Gasteiger partial charge in [0, 0.05) is 26.9 Å². The van der Waals surface area contributed by atoms with E-state index in [2.05, 4.69) is 46.7 Å². The number of nitrogens with zero attached hydrogens (tertiary/aromatic N) is 10. The lowest BCUT2D eigenvalue weighted by Gasteiger charge is -2.12. The van der Waals surface area contributed by atoms with Gasteiger partial charge in [0.1, 0.15) is 33.5 Å². The number of hydrogen-bond acceptors (Lipinski definition) is 25. The van der Waals surface area contributed by atoms with Crippen LogP contribution in [0.3, 0.4) is 0 Å². The predicted octanol–water partition coefficient (Wildman–Crippen LogP) is 9.92. The summed E-state index contributed by atoms with van der Waals surface area (Å²) >= 11 is 8.54. The molecule has 8 aromatic rings. The number of ether oxygens (including phenoxy) is 1. The summed E-state index contributed by atoms with van der Waals surface area (Å²) in [6.45, 7) is 4.80. The fourth-order valence-corrected chi connectivity index (χ4v) is 11.2. The van der Waals surface area contributed by atoms with Crippen LogP contribution in [0.2, 0.25) is 5.02 Å². The highest BCUT2D eigenvalue weighted by Crippen LogP contribution is 2.44. The minimum Gasteiger partial charge on any atom is -0.493 e. The molecule has 0 spiro atoms. The van der Waals surface area contributed by atoms with Crippen LogP contribution in [0.25, 0.3) is 37.7 Å². The second kappa shape index (κ2) is 25.7. The highest BCUT2D eigenvalue weighted by Gasteiger charge is 2.23. The van der Waals surface area contributed by atoms with Gasteiger partial charge in [0.2, 0.25) is 11.0 Å². The minimum absolute atomic E-state index is 0.0294. The van der Waals surface area contributed by atoms with Gasteiger partial charge in [-0.25, -0.2) is 9.97 Å². The summed E-state index contributed by atoms with van der Waals surface area (Å²) < 4.78 is 158. The number of pyridine rings is 1. The monoisotopic (exact) mass is 1240 g/mol. The van der Waals surface area contributed by atoms with E-state index in [0.717, 1.165) is 11.3 Å². The summed E-state index contributed by atoms with van der Waals surface area (Å²) in [5.41, 5.74) is 3.53. The van der Waals surface area contributed by atoms with Crippen LogP contribution in [0.5, 0.6) is 11.6 Å². The summed E-state index contributed by atoms with van der Waals surface area (Å²) in [6, 6.07) is 21.7. The van der Waals surface area contributed by atoms with Crippen LogP contribution in [0, 0.1) is 32.1 Å². The predicted molar refractivity (Wildman–Crippen MR) is 288 cm³/mol. The topological polar surface area (TPSA) is 423 Å². The number of benzene rings is 5. The first-order valence-corrected chi connectivity index (χ1v) is 30.7. The van der Waals surface area contributed by atoms with E-state index in [1.165, 1.54) is 28.3 Å². The molecule has 0 fully saturated rings. The van der Waals surface area contributed by atoms with Gasteiger partial charge in [-0.1, -0.05) is 47.2 Å². The lowest BCUT2D eigenvalue weighted by Crippen LogP contribution is -2.08. The fourth-order valence-electron chi connectivity index (χ4n) is 7.26. The summed E-state index contributed by atoms with van der Waals surface area (Å²) in [5, 5.41) is 49.9. The number of aromatic hydroxyl groups is 1. The third kappa shape index (κ3) is 16.2. The summed E-state index contributed by atoms with van der Waals surface area (Å²) in [7, 11) is -19.4. The number of azo groups is 3. The molecule has 8 rings (SSSR count). The zero-order valence-electron chi connectivity index (χ0n) is 40.5. The maximum absolute atomic E-state index is 12.4. The highest BCUT2D eigenvalue weighted by molar-refractivity contribution is 7.99. The Morgan fingerprint density at radius 1 is 0.747 bits per heavy atom. The van der Waals surface area contributed by atoms with E-state index in [0.29, 0.717) is 58.9 Å². The molecule has 4 N–H and O–H groups in total. The molecule has 0 bridgehead atoms. The Bertz CT molecular complexity index is 4440. The van der Waals surface area contributed by atoms with Crippen molar-refractivity contribution >= 4 is 158 Å². The molecule has 5 aromatic carbocycles. The first-order valence-electron chi connectivity index (χ1n) is 21.8. The van der Waals surface area contributed by atoms with Crippen molar-refractivity contribution in [3.63, 3.8) is 0 Å². The maximum atomic E-state index is 12.4. The average molecular weight is 1240 g/mol. The Balaban J connectivity index is 0.00000118. The first-order chi connectivity index (χ1) is 37.0. The van der Waals surface area contributed by atoms with Crippen molar-refractivity contribution in [3.05, 3.63) is 100 Å². The second-order valence-electron chi connectivity index (χ2n) is 16.1. The van der Waals surface area contributed by atoms with Crippen LogP contribution in [-0.4, -0.2) is 108 Å². The Morgan fingerprint density at radius 3 is 1.99 bits per heavy atom. The van der Waals surface area contributed by atoms with Crippen molar-refractivity contribution in [1.82, 2.24) is 14.4 Å². The second-order valence-corrected chi connectivity index (χ2v) is 24.0. The molecule has 3 heterocycles. The van der Waals surface area contributed by atoms with Gasteiger partial charge in [-0.2, -0.15) is 35.6 Å². The fraction of sp³-hybridized carbons (Fsp3) is 0.205. The molecular formula is C44H37ClN10O17S7.